The molecule has 1 aliphatic heterocycles. The quantitative estimate of drug-likeness (QED) is 0.782. The zero-order chi connectivity index (χ0) is 17.9. The molecule has 25 heavy (non-hydrogen) atoms. The van der Waals surface area contributed by atoms with Gasteiger partial charge in [-0.05, 0) is 36.4 Å². The van der Waals surface area contributed by atoms with E-state index in [4.69, 9.17) is 4.18 Å². The van der Waals surface area contributed by atoms with E-state index in [2.05, 4.69) is 4.90 Å². The molecule has 0 unspecified atom stereocenters. The van der Waals surface area contributed by atoms with E-state index < -0.39 is 10.1 Å². The van der Waals surface area contributed by atoms with Crippen LogP contribution in [0.1, 0.15) is 6.92 Å². The number of hydrogen-bond donors (Lipinski definition) is 0. The minimum atomic E-state index is -3.83. The highest BCUT2D eigenvalue weighted by Gasteiger charge is 2.19. The summed E-state index contributed by atoms with van der Waals surface area (Å²) in [5.74, 6) is 0.365. The fourth-order valence-corrected chi connectivity index (χ4v) is 3.71. The van der Waals surface area contributed by atoms with Crippen LogP contribution in [0.5, 0.6) is 5.75 Å². The molecule has 0 aliphatic carbocycles. The number of piperazine rings is 1. The Morgan fingerprint density at radius 1 is 0.920 bits per heavy atom. The average Bonchev–Trinajstić information content (AvgIpc) is 2.63. The van der Waals surface area contributed by atoms with E-state index in [1.54, 1.807) is 37.3 Å². The summed E-state index contributed by atoms with van der Waals surface area (Å²) in [5.41, 5.74) is 0.979. The number of carbonyl (C=O) groups excluding carboxylic acids is 1. The monoisotopic (exact) mass is 360 g/mol. The summed E-state index contributed by atoms with van der Waals surface area (Å²) in [4.78, 5) is 15.5. The minimum Gasteiger partial charge on any atom is -0.379 e. The van der Waals surface area contributed by atoms with Crippen molar-refractivity contribution in [1.82, 2.24) is 4.90 Å². The summed E-state index contributed by atoms with van der Waals surface area (Å²) < 4.78 is 29.6. The molecule has 0 atom stereocenters. The van der Waals surface area contributed by atoms with Gasteiger partial charge in [0, 0.05) is 38.8 Å². The van der Waals surface area contributed by atoms with E-state index in [0.717, 1.165) is 18.8 Å². The first-order valence-corrected chi connectivity index (χ1v) is 9.46. The van der Waals surface area contributed by atoms with Crippen LogP contribution in [-0.4, -0.2) is 45.4 Å². The van der Waals surface area contributed by atoms with Crippen molar-refractivity contribution in [2.75, 3.05) is 31.1 Å². The highest BCUT2D eigenvalue weighted by molar-refractivity contribution is 7.87. The third-order valence-corrected chi connectivity index (χ3v) is 5.43. The number of nitrogens with zero attached hydrogens (tertiary/aromatic N) is 2. The first-order valence-electron chi connectivity index (χ1n) is 8.06. The van der Waals surface area contributed by atoms with Crippen molar-refractivity contribution < 1.29 is 17.4 Å². The van der Waals surface area contributed by atoms with E-state index in [0.29, 0.717) is 13.1 Å². The Bertz CT molecular complexity index is 827. The van der Waals surface area contributed by atoms with Crippen LogP contribution in [0.4, 0.5) is 5.69 Å². The van der Waals surface area contributed by atoms with Crippen LogP contribution in [-0.2, 0) is 14.9 Å². The summed E-state index contributed by atoms with van der Waals surface area (Å²) in [7, 11) is -3.83. The molecule has 1 aliphatic rings. The number of carbonyl (C=O) groups is 1. The fraction of sp³-hybridized carbons (Fsp3) is 0.278. The van der Waals surface area contributed by atoms with Gasteiger partial charge in [-0.3, -0.25) is 4.79 Å². The molecule has 7 heteroatoms. The van der Waals surface area contributed by atoms with Crippen molar-refractivity contribution in [1.29, 1.82) is 0 Å². The number of rotatable bonds is 4. The van der Waals surface area contributed by atoms with Crippen LogP contribution in [0.25, 0.3) is 0 Å². The van der Waals surface area contributed by atoms with Crippen LogP contribution < -0.4 is 9.08 Å². The highest BCUT2D eigenvalue weighted by Crippen LogP contribution is 2.23. The van der Waals surface area contributed by atoms with Gasteiger partial charge < -0.3 is 14.0 Å². The van der Waals surface area contributed by atoms with Crippen molar-refractivity contribution in [2.45, 2.75) is 11.8 Å². The number of anilines is 1. The molecular weight excluding hydrogens is 340 g/mol. The Balaban J connectivity index is 1.66. The van der Waals surface area contributed by atoms with Gasteiger partial charge in [-0.15, -0.1) is 0 Å². The van der Waals surface area contributed by atoms with Gasteiger partial charge in [0.05, 0.1) is 0 Å². The van der Waals surface area contributed by atoms with Gasteiger partial charge in [0.25, 0.3) is 0 Å². The zero-order valence-electron chi connectivity index (χ0n) is 14.0. The van der Waals surface area contributed by atoms with Crippen LogP contribution in [0.15, 0.2) is 59.5 Å². The molecule has 6 nitrogen and oxygen atoms in total. The summed E-state index contributed by atoms with van der Waals surface area (Å²) in [6.07, 6.45) is 0. The third kappa shape index (κ3) is 4.11. The molecule has 3 rings (SSSR count). The van der Waals surface area contributed by atoms with Crippen LogP contribution in [0.2, 0.25) is 0 Å². The van der Waals surface area contributed by atoms with Gasteiger partial charge in [0.2, 0.25) is 5.91 Å². The van der Waals surface area contributed by atoms with Crippen LogP contribution in [0, 0.1) is 0 Å². The first kappa shape index (κ1) is 17.3. The van der Waals surface area contributed by atoms with Crippen molar-refractivity contribution in [2.24, 2.45) is 0 Å². The summed E-state index contributed by atoms with van der Waals surface area (Å²) in [6.45, 7) is 4.46. The van der Waals surface area contributed by atoms with Crippen LogP contribution >= 0.6 is 0 Å². The molecule has 0 N–H and O–H groups in total. The third-order valence-electron chi connectivity index (χ3n) is 4.16. The van der Waals surface area contributed by atoms with Crippen molar-refractivity contribution >= 4 is 21.7 Å². The van der Waals surface area contributed by atoms with E-state index in [9.17, 15) is 13.2 Å². The SMILES string of the molecule is CC(=O)N1CCN(c2ccc(OS(=O)(=O)c3ccccc3)cc2)CC1. The van der Waals surface area contributed by atoms with Crippen molar-refractivity contribution in [3.63, 3.8) is 0 Å². The van der Waals surface area contributed by atoms with Gasteiger partial charge >= 0.3 is 10.1 Å². The largest absolute Gasteiger partial charge is 0.379 e. The van der Waals surface area contributed by atoms with E-state index in [-0.39, 0.29) is 16.6 Å². The lowest BCUT2D eigenvalue weighted by Gasteiger charge is -2.35. The molecule has 1 amide bonds. The van der Waals surface area contributed by atoms with Gasteiger partial charge in [-0.1, -0.05) is 18.2 Å². The highest BCUT2D eigenvalue weighted by atomic mass is 32.2. The maximum absolute atomic E-state index is 12.2. The lowest BCUT2D eigenvalue weighted by atomic mass is 10.2. The maximum Gasteiger partial charge on any atom is 0.339 e. The Labute approximate surface area is 147 Å². The Kier molecular flexibility index (Phi) is 4.94. The van der Waals surface area contributed by atoms with Gasteiger partial charge in [0.1, 0.15) is 10.6 Å². The standard InChI is InChI=1S/C18H20N2O4S/c1-15(21)19-11-13-20(14-12-19)16-7-9-17(10-8-16)24-25(22,23)18-5-3-2-4-6-18/h2-10H,11-14H2,1H3. The molecule has 1 heterocycles. The van der Waals surface area contributed by atoms with Gasteiger partial charge in [-0.25, -0.2) is 0 Å². The smallest absolute Gasteiger partial charge is 0.339 e. The van der Waals surface area contributed by atoms with Crippen LogP contribution in [0.3, 0.4) is 0 Å². The van der Waals surface area contributed by atoms with E-state index in [1.165, 1.54) is 12.1 Å². The molecule has 0 radical (unpaired) electrons. The Morgan fingerprint density at radius 3 is 2.08 bits per heavy atom. The molecule has 2 aromatic rings. The second-order valence-corrected chi connectivity index (χ2v) is 7.38. The normalized spacial score (nSPS) is 15.1. The number of amides is 1. The molecule has 0 spiro atoms. The number of benzene rings is 2. The molecule has 0 saturated carbocycles. The molecular formula is C18H20N2O4S. The zero-order valence-corrected chi connectivity index (χ0v) is 14.8. The fourth-order valence-electron chi connectivity index (χ4n) is 2.75. The molecule has 132 valence electrons. The number of hydrogen-bond acceptors (Lipinski definition) is 5. The average molecular weight is 360 g/mol. The lowest BCUT2D eigenvalue weighted by Crippen LogP contribution is -2.48. The topological polar surface area (TPSA) is 66.9 Å². The van der Waals surface area contributed by atoms with Crippen molar-refractivity contribution in [3.8, 4) is 5.75 Å². The maximum atomic E-state index is 12.2. The lowest BCUT2D eigenvalue weighted by molar-refractivity contribution is -0.129. The molecule has 1 saturated heterocycles. The van der Waals surface area contributed by atoms with E-state index in [1.807, 2.05) is 17.0 Å². The predicted molar refractivity (Wildman–Crippen MR) is 95.2 cm³/mol. The van der Waals surface area contributed by atoms with Gasteiger partial charge in [0.15, 0.2) is 0 Å². The first-order chi connectivity index (χ1) is 12.0. The summed E-state index contributed by atoms with van der Waals surface area (Å²) >= 11 is 0. The predicted octanol–water partition coefficient (Wildman–Crippen LogP) is 2.12. The minimum absolute atomic E-state index is 0.0921. The van der Waals surface area contributed by atoms with E-state index >= 15 is 0 Å². The molecule has 1 fully saturated rings. The Morgan fingerprint density at radius 2 is 1.52 bits per heavy atom. The Hall–Kier alpha value is -2.54. The second kappa shape index (κ2) is 7.14. The second-order valence-electron chi connectivity index (χ2n) is 5.84. The molecule has 2 aromatic carbocycles. The van der Waals surface area contributed by atoms with Crippen molar-refractivity contribution in [3.05, 3.63) is 54.6 Å². The molecule has 0 bridgehead atoms. The summed E-state index contributed by atoms with van der Waals surface area (Å²) in [5, 5.41) is 0. The van der Waals surface area contributed by atoms with Gasteiger partial charge in [-0.2, -0.15) is 8.42 Å². The summed E-state index contributed by atoms with van der Waals surface area (Å²) in [6, 6.07) is 15.0. The molecule has 0 aromatic heterocycles.